The molecule has 0 unspecified atom stereocenters. The van der Waals surface area contributed by atoms with Gasteiger partial charge in [0, 0.05) is 18.0 Å². The molecule has 0 bridgehead atoms. The van der Waals surface area contributed by atoms with Gasteiger partial charge >= 0.3 is 5.97 Å². The number of carboxylic acid groups (broad SMARTS) is 1. The van der Waals surface area contributed by atoms with Crippen LogP contribution in [0.5, 0.6) is 17.2 Å². The third-order valence-electron chi connectivity index (χ3n) is 7.50. The van der Waals surface area contributed by atoms with E-state index in [4.69, 9.17) is 24.1 Å². The maximum absolute atomic E-state index is 13.8. The number of benzene rings is 2. The fraction of sp³-hybridized carbons (Fsp3) is 0.500. The molecular formula is C28H33NO7. The monoisotopic (exact) mass is 495 g/mol. The number of carboxylic acids is 1. The standard InChI is InChI=1S/C28H33NO7/c1-4-33-23-12-7-10-18-25-19(28(2,3)36-26(18)23)15-20-22(35-25)13-8-14-29(20)27(32)17-9-5-6-11-21(17)34-16-24(30)31/h5-7,9-12,19-20,22,25H,4,8,13-16H2,1-3H3,(H,30,31)/t19-,20-,22-,25+/m0/s1. The maximum atomic E-state index is 13.8. The molecule has 2 aromatic carbocycles. The Balaban J connectivity index is 1.44. The number of rotatable bonds is 6. The second-order valence-electron chi connectivity index (χ2n) is 10.1. The molecule has 36 heavy (non-hydrogen) atoms. The van der Waals surface area contributed by atoms with Crippen LogP contribution in [0.1, 0.15) is 62.1 Å². The van der Waals surface area contributed by atoms with Gasteiger partial charge in [0.1, 0.15) is 11.4 Å². The topological polar surface area (TPSA) is 94.5 Å². The Labute approximate surface area is 211 Å². The molecule has 4 atom stereocenters. The van der Waals surface area contributed by atoms with Gasteiger partial charge in [-0.1, -0.05) is 24.3 Å². The number of hydrogen-bond donors (Lipinski definition) is 1. The molecule has 8 heteroatoms. The lowest BCUT2D eigenvalue weighted by Crippen LogP contribution is -2.60. The Morgan fingerprint density at radius 3 is 2.67 bits per heavy atom. The molecule has 0 aliphatic carbocycles. The summed E-state index contributed by atoms with van der Waals surface area (Å²) < 4.78 is 24.6. The summed E-state index contributed by atoms with van der Waals surface area (Å²) in [5.74, 6) is 0.536. The molecule has 1 N–H and O–H groups in total. The minimum Gasteiger partial charge on any atom is -0.490 e. The first kappa shape index (κ1) is 24.4. The number of carbonyl (C=O) groups excluding carboxylic acids is 1. The van der Waals surface area contributed by atoms with Gasteiger partial charge in [-0.05, 0) is 58.2 Å². The van der Waals surface area contributed by atoms with Gasteiger partial charge in [-0.2, -0.15) is 0 Å². The maximum Gasteiger partial charge on any atom is 0.341 e. The van der Waals surface area contributed by atoms with Crippen LogP contribution >= 0.6 is 0 Å². The lowest BCUT2D eigenvalue weighted by molar-refractivity contribution is -0.184. The summed E-state index contributed by atoms with van der Waals surface area (Å²) in [5, 5.41) is 9.03. The molecule has 5 rings (SSSR count). The Kier molecular flexibility index (Phi) is 6.55. The fourth-order valence-electron chi connectivity index (χ4n) is 5.85. The van der Waals surface area contributed by atoms with Crippen LogP contribution in [0.4, 0.5) is 0 Å². The first-order valence-electron chi connectivity index (χ1n) is 12.6. The van der Waals surface area contributed by atoms with Crippen LogP contribution in [0.2, 0.25) is 0 Å². The summed E-state index contributed by atoms with van der Waals surface area (Å²) in [6, 6.07) is 12.7. The Morgan fingerprint density at radius 2 is 1.89 bits per heavy atom. The van der Waals surface area contributed by atoms with Crippen LogP contribution < -0.4 is 14.2 Å². The predicted octanol–water partition coefficient (Wildman–Crippen LogP) is 4.47. The number of para-hydroxylation sites is 2. The second-order valence-corrected chi connectivity index (χ2v) is 10.1. The first-order chi connectivity index (χ1) is 17.3. The van der Waals surface area contributed by atoms with Gasteiger partial charge in [-0.25, -0.2) is 4.79 Å². The molecule has 0 spiro atoms. The summed E-state index contributed by atoms with van der Waals surface area (Å²) in [4.78, 5) is 26.7. The molecule has 3 heterocycles. The van der Waals surface area contributed by atoms with Crippen LogP contribution in [0.15, 0.2) is 42.5 Å². The van der Waals surface area contributed by atoms with E-state index in [-0.39, 0.29) is 35.8 Å². The van der Waals surface area contributed by atoms with Gasteiger partial charge in [0.25, 0.3) is 5.91 Å². The highest BCUT2D eigenvalue weighted by Gasteiger charge is 2.53. The minimum atomic E-state index is -1.09. The lowest BCUT2D eigenvalue weighted by Gasteiger charge is -2.54. The molecule has 2 fully saturated rings. The zero-order valence-electron chi connectivity index (χ0n) is 20.9. The number of aliphatic carboxylic acids is 1. The van der Waals surface area contributed by atoms with Crippen molar-refractivity contribution in [3.05, 3.63) is 53.6 Å². The van der Waals surface area contributed by atoms with E-state index in [1.807, 2.05) is 30.0 Å². The number of likely N-dealkylation sites (tertiary alicyclic amines) is 1. The van der Waals surface area contributed by atoms with Crippen molar-refractivity contribution < 1.29 is 33.6 Å². The zero-order valence-corrected chi connectivity index (χ0v) is 20.9. The Morgan fingerprint density at radius 1 is 1.11 bits per heavy atom. The number of ether oxygens (including phenoxy) is 4. The molecule has 3 aliphatic rings. The quantitative estimate of drug-likeness (QED) is 0.632. The molecule has 0 aromatic heterocycles. The Hall–Kier alpha value is -3.26. The van der Waals surface area contributed by atoms with Crippen molar-refractivity contribution in [1.82, 2.24) is 4.90 Å². The van der Waals surface area contributed by atoms with Crippen LogP contribution in [0, 0.1) is 5.92 Å². The third-order valence-corrected chi connectivity index (χ3v) is 7.50. The predicted molar refractivity (Wildman–Crippen MR) is 132 cm³/mol. The van der Waals surface area contributed by atoms with Crippen molar-refractivity contribution >= 4 is 11.9 Å². The van der Waals surface area contributed by atoms with Crippen molar-refractivity contribution in [2.24, 2.45) is 5.92 Å². The van der Waals surface area contributed by atoms with Gasteiger partial charge in [-0.15, -0.1) is 0 Å². The molecule has 192 valence electrons. The number of piperidine rings is 1. The van der Waals surface area contributed by atoms with E-state index in [9.17, 15) is 9.59 Å². The average molecular weight is 496 g/mol. The van der Waals surface area contributed by atoms with Crippen molar-refractivity contribution in [2.45, 2.75) is 63.9 Å². The number of nitrogens with zero attached hydrogens (tertiary/aromatic N) is 1. The molecule has 0 radical (unpaired) electrons. The second kappa shape index (κ2) is 9.65. The molecule has 0 saturated carbocycles. The van der Waals surface area contributed by atoms with Crippen molar-refractivity contribution in [3.63, 3.8) is 0 Å². The average Bonchev–Trinajstić information content (AvgIpc) is 2.86. The normalized spacial score (nSPS) is 26.0. The first-order valence-corrected chi connectivity index (χ1v) is 12.6. The van der Waals surface area contributed by atoms with Crippen LogP contribution in [-0.2, 0) is 9.53 Å². The fourth-order valence-corrected chi connectivity index (χ4v) is 5.85. The highest BCUT2D eigenvalue weighted by molar-refractivity contribution is 5.97. The number of hydrogen-bond acceptors (Lipinski definition) is 6. The minimum absolute atomic E-state index is 0.0371. The highest BCUT2D eigenvalue weighted by atomic mass is 16.5. The van der Waals surface area contributed by atoms with Gasteiger partial charge in [0.2, 0.25) is 0 Å². The highest BCUT2D eigenvalue weighted by Crippen LogP contribution is 2.54. The molecule has 2 aromatic rings. The Bertz CT molecular complexity index is 1150. The van der Waals surface area contributed by atoms with E-state index in [0.29, 0.717) is 18.7 Å². The molecular weight excluding hydrogens is 462 g/mol. The smallest absolute Gasteiger partial charge is 0.341 e. The van der Waals surface area contributed by atoms with E-state index in [1.165, 1.54) is 0 Å². The number of amides is 1. The molecule has 2 saturated heterocycles. The summed E-state index contributed by atoms with van der Waals surface area (Å²) in [6.07, 6.45) is 2.19. The lowest BCUT2D eigenvalue weighted by atomic mass is 9.72. The van der Waals surface area contributed by atoms with Gasteiger partial charge in [0.15, 0.2) is 18.1 Å². The number of fused-ring (bicyclic) bond motifs is 4. The summed E-state index contributed by atoms with van der Waals surface area (Å²) in [5.41, 5.74) is 0.844. The summed E-state index contributed by atoms with van der Waals surface area (Å²) in [7, 11) is 0. The van der Waals surface area contributed by atoms with E-state index in [2.05, 4.69) is 13.8 Å². The van der Waals surface area contributed by atoms with E-state index >= 15 is 0 Å². The number of carbonyl (C=O) groups is 2. The summed E-state index contributed by atoms with van der Waals surface area (Å²) >= 11 is 0. The van der Waals surface area contributed by atoms with E-state index < -0.39 is 18.2 Å². The van der Waals surface area contributed by atoms with Crippen LogP contribution in [-0.4, -0.2) is 59.4 Å². The molecule has 8 nitrogen and oxygen atoms in total. The summed E-state index contributed by atoms with van der Waals surface area (Å²) in [6.45, 7) is 6.76. The van der Waals surface area contributed by atoms with Gasteiger partial charge in [0.05, 0.1) is 30.4 Å². The van der Waals surface area contributed by atoms with Gasteiger partial charge in [-0.3, -0.25) is 4.79 Å². The largest absolute Gasteiger partial charge is 0.490 e. The SMILES string of the molecule is CCOc1cccc2c1OC(C)(C)[C@H]1C[C@H]3[C@H](CCCN3C(=O)c3ccccc3OCC(=O)O)O[C@H]21. The third kappa shape index (κ3) is 4.39. The van der Waals surface area contributed by atoms with Gasteiger partial charge < -0.3 is 29.0 Å². The molecule has 3 aliphatic heterocycles. The van der Waals surface area contributed by atoms with Crippen molar-refractivity contribution in [2.75, 3.05) is 19.8 Å². The zero-order chi connectivity index (χ0) is 25.4. The molecule has 1 amide bonds. The van der Waals surface area contributed by atoms with Crippen molar-refractivity contribution in [3.8, 4) is 17.2 Å². The van der Waals surface area contributed by atoms with Crippen molar-refractivity contribution in [1.29, 1.82) is 0 Å². The van der Waals surface area contributed by atoms with E-state index in [0.717, 1.165) is 36.3 Å². The van der Waals surface area contributed by atoms with Crippen LogP contribution in [0.3, 0.4) is 0 Å². The van der Waals surface area contributed by atoms with Crippen LogP contribution in [0.25, 0.3) is 0 Å². The van der Waals surface area contributed by atoms with E-state index in [1.54, 1.807) is 24.3 Å².